The average Bonchev–Trinajstić information content (AvgIpc) is 3.34. The third-order valence-electron chi connectivity index (χ3n) is 4.50. The van der Waals surface area contributed by atoms with Crippen molar-refractivity contribution in [3.8, 4) is 12.3 Å². The minimum Gasteiger partial charge on any atom is -0.338 e. The van der Waals surface area contributed by atoms with Gasteiger partial charge in [-0.25, -0.2) is 0 Å². The molecule has 0 saturated carbocycles. The summed E-state index contributed by atoms with van der Waals surface area (Å²) in [6.45, 7) is 1.56. The fourth-order valence-corrected chi connectivity index (χ4v) is 3.05. The van der Waals surface area contributed by atoms with Gasteiger partial charge in [0.25, 0.3) is 0 Å². The van der Waals surface area contributed by atoms with Crippen LogP contribution in [0.25, 0.3) is 0 Å². The molecule has 0 unspecified atom stereocenters. The molecule has 0 N–H and O–H groups in total. The fourth-order valence-electron chi connectivity index (χ4n) is 3.05. The molecule has 0 aromatic heterocycles. The normalized spacial score (nSPS) is 18.2. The summed E-state index contributed by atoms with van der Waals surface area (Å²) in [6.07, 6.45) is 9.98. The molecule has 1 aromatic carbocycles. The molecule has 1 aromatic rings. The Morgan fingerprint density at radius 2 is 2.05 bits per heavy atom. The first-order valence-electron chi connectivity index (χ1n) is 7.94. The molecule has 0 atom stereocenters. The maximum Gasteiger partial charge on any atom is 0.223 e. The van der Waals surface area contributed by atoms with Crippen molar-refractivity contribution in [1.82, 2.24) is 4.90 Å². The lowest BCUT2D eigenvalue weighted by molar-refractivity contribution is -0.132. The summed E-state index contributed by atoms with van der Waals surface area (Å²) in [5.41, 5.74) is 2.29. The summed E-state index contributed by atoms with van der Waals surface area (Å²) >= 11 is 0. The van der Waals surface area contributed by atoms with Crippen LogP contribution >= 0.6 is 0 Å². The minimum absolute atomic E-state index is 0.203. The molecule has 3 rings (SSSR count). The molecule has 1 amide bonds. The van der Waals surface area contributed by atoms with E-state index in [1.54, 1.807) is 0 Å². The highest BCUT2D eigenvalue weighted by Crippen LogP contribution is 2.37. The standard InChI is InChI=1S/C18H21N3O/c1-2-3-11-18(19-20-18)12-10-17(22)21-13-6-9-15-7-4-5-8-16(15)14-21/h1,4-5,7-8H,3,6,9-14H2. The van der Waals surface area contributed by atoms with E-state index in [-0.39, 0.29) is 11.6 Å². The Balaban J connectivity index is 1.56. The monoisotopic (exact) mass is 295 g/mol. The molecule has 2 aliphatic heterocycles. The van der Waals surface area contributed by atoms with Gasteiger partial charge in [0, 0.05) is 38.8 Å². The van der Waals surface area contributed by atoms with Gasteiger partial charge in [-0.3, -0.25) is 4.79 Å². The predicted molar refractivity (Wildman–Crippen MR) is 85.1 cm³/mol. The molecule has 0 aliphatic carbocycles. The molecule has 4 heteroatoms. The van der Waals surface area contributed by atoms with Crippen molar-refractivity contribution < 1.29 is 4.79 Å². The SMILES string of the molecule is C#CCCC1(CCC(=O)N2CCCc3ccccc3C2)N=N1. The highest BCUT2D eigenvalue weighted by Gasteiger charge is 2.39. The van der Waals surface area contributed by atoms with Crippen LogP contribution in [-0.4, -0.2) is 23.0 Å². The molecule has 4 nitrogen and oxygen atoms in total. The molecule has 0 saturated heterocycles. The van der Waals surface area contributed by atoms with Crippen LogP contribution in [0.2, 0.25) is 0 Å². The Morgan fingerprint density at radius 1 is 1.27 bits per heavy atom. The fraction of sp³-hybridized carbons (Fsp3) is 0.500. The summed E-state index contributed by atoms with van der Waals surface area (Å²) in [7, 11) is 0. The van der Waals surface area contributed by atoms with Gasteiger partial charge < -0.3 is 4.90 Å². The van der Waals surface area contributed by atoms with Crippen molar-refractivity contribution in [3.63, 3.8) is 0 Å². The zero-order chi connectivity index (χ0) is 15.4. The van der Waals surface area contributed by atoms with E-state index in [9.17, 15) is 4.79 Å². The number of amides is 1. The quantitative estimate of drug-likeness (QED) is 0.769. The van der Waals surface area contributed by atoms with Crippen LogP contribution in [0.5, 0.6) is 0 Å². The van der Waals surface area contributed by atoms with Gasteiger partial charge in [-0.2, -0.15) is 10.2 Å². The lowest BCUT2D eigenvalue weighted by Crippen LogP contribution is -2.31. The summed E-state index contributed by atoms with van der Waals surface area (Å²) in [5, 5.41) is 8.20. The third-order valence-corrected chi connectivity index (χ3v) is 4.50. The highest BCUT2D eigenvalue weighted by atomic mass is 16.2. The largest absolute Gasteiger partial charge is 0.338 e. The zero-order valence-electron chi connectivity index (χ0n) is 12.8. The Labute approximate surface area is 131 Å². The van der Waals surface area contributed by atoms with Crippen LogP contribution in [0.3, 0.4) is 0 Å². The Hall–Kier alpha value is -2.15. The van der Waals surface area contributed by atoms with Crippen LogP contribution in [0.4, 0.5) is 0 Å². The second-order valence-corrected chi connectivity index (χ2v) is 6.07. The summed E-state index contributed by atoms with van der Waals surface area (Å²) in [5.74, 6) is 2.82. The number of carbonyl (C=O) groups is 1. The van der Waals surface area contributed by atoms with Gasteiger partial charge in [-0.05, 0) is 24.0 Å². The smallest absolute Gasteiger partial charge is 0.223 e. The van der Waals surface area contributed by atoms with E-state index in [0.29, 0.717) is 19.3 Å². The van der Waals surface area contributed by atoms with Crippen molar-refractivity contribution in [3.05, 3.63) is 35.4 Å². The number of rotatable bonds is 5. The number of fused-ring (bicyclic) bond motifs is 1. The number of hydrogen-bond donors (Lipinski definition) is 0. The van der Waals surface area contributed by atoms with Crippen LogP contribution < -0.4 is 0 Å². The lowest BCUT2D eigenvalue weighted by Gasteiger charge is -2.21. The topological polar surface area (TPSA) is 45.0 Å². The van der Waals surface area contributed by atoms with E-state index < -0.39 is 0 Å². The molecule has 0 spiro atoms. The van der Waals surface area contributed by atoms with E-state index >= 15 is 0 Å². The maximum atomic E-state index is 12.5. The summed E-state index contributed by atoms with van der Waals surface area (Å²) < 4.78 is 0. The first-order chi connectivity index (χ1) is 10.7. The van der Waals surface area contributed by atoms with E-state index in [1.807, 2.05) is 11.0 Å². The molecule has 0 radical (unpaired) electrons. The van der Waals surface area contributed by atoms with E-state index in [1.165, 1.54) is 11.1 Å². The van der Waals surface area contributed by atoms with Crippen LogP contribution in [0.1, 0.15) is 43.2 Å². The third kappa shape index (κ3) is 3.36. The van der Waals surface area contributed by atoms with Gasteiger partial charge in [0.15, 0.2) is 5.66 Å². The van der Waals surface area contributed by atoms with Crippen LogP contribution in [0.15, 0.2) is 34.5 Å². The zero-order valence-corrected chi connectivity index (χ0v) is 12.8. The van der Waals surface area contributed by atoms with Crippen molar-refractivity contribution in [2.75, 3.05) is 6.54 Å². The Bertz CT molecular complexity index is 623. The van der Waals surface area contributed by atoms with Gasteiger partial charge in [0.1, 0.15) is 0 Å². The number of nitrogens with zero attached hydrogens (tertiary/aromatic N) is 3. The number of carbonyl (C=O) groups excluding carboxylic acids is 1. The van der Waals surface area contributed by atoms with E-state index in [2.05, 4.69) is 34.3 Å². The lowest BCUT2D eigenvalue weighted by atomic mass is 10.0. The van der Waals surface area contributed by atoms with E-state index in [0.717, 1.165) is 32.4 Å². The summed E-state index contributed by atoms with van der Waals surface area (Å²) in [4.78, 5) is 14.5. The van der Waals surface area contributed by atoms with Crippen molar-refractivity contribution in [2.45, 2.75) is 50.7 Å². The second kappa shape index (κ2) is 6.31. The average molecular weight is 295 g/mol. The minimum atomic E-state index is -0.355. The molecule has 114 valence electrons. The number of hydrogen-bond acceptors (Lipinski definition) is 3. The summed E-state index contributed by atoms with van der Waals surface area (Å²) in [6, 6.07) is 8.41. The number of terminal acetylenes is 1. The Morgan fingerprint density at radius 3 is 2.77 bits per heavy atom. The van der Waals surface area contributed by atoms with Crippen molar-refractivity contribution in [2.24, 2.45) is 10.2 Å². The van der Waals surface area contributed by atoms with Crippen LogP contribution in [-0.2, 0) is 17.8 Å². The molecule has 0 bridgehead atoms. The van der Waals surface area contributed by atoms with E-state index in [4.69, 9.17) is 6.42 Å². The second-order valence-electron chi connectivity index (χ2n) is 6.07. The first kappa shape index (κ1) is 14.8. The predicted octanol–water partition coefficient (Wildman–Crippen LogP) is 3.32. The molecule has 22 heavy (non-hydrogen) atoms. The highest BCUT2D eigenvalue weighted by molar-refractivity contribution is 5.76. The molecule has 0 fully saturated rings. The van der Waals surface area contributed by atoms with Gasteiger partial charge >= 0.3 is 0 Å². The molecular formula is C18H21N3O. The van der Waals surface area contributed by atoms with Gasteiger partial charge in [-0.1, -0.05) is 24.3 Å². The van der Waals surface area contributed by atoms with Crippen molar-refractivity contribution >= 4 is 5.91 Å². The first-order valence-corrected chi connectivity index (χ1v) is 7.94. The Kier molecular flexibility index (Phi) is 4.24. The molecule has 2 heterocycles. The molecular weight excluding hydrogens is 274 g/mol. The van der Waals surface area contributed by atoms with Crippen molar-refractivity contribution in [1.29, 1.82) is 0 Å². The van der Waals surface area contributed by atoms with Gasteiger partial charge in [0.2, 0.25) is 5.91 Å². The number of benzene rings is 1. The number of aryl methyl sites for hydroxylation is 1. The van der Waals surface area contributed by atoms with Gasteiger partial charge in [0.05, 0.1) is 0 Å². The maximum absolute atomic E-state index is 12.5. The van der Waals surface area contributed by atoms with Gasteiger partial charge in [-0.15, -0.1) is 12.3 Å². The van der Waals surface area contributed by atoms with Crippen LogP contribution in [0, 0.1) is 12.3 Å². The molecule has 2 aliphatic rings.